The second-order valence-electron chi connectivity index (χ2n) is 5.10. The van der Waals surface area contributed by atoms with Crippen LogP contribution in [0.25, 0.3) is 0 Å². The molecule has 100 valence electrons. The van der Waals surface area contributed by atoms with Gasteiger partial charge < -0.3 is 9.88 Å². The molecule has 4 heteroatoms. The van der Waals surface area contributed by atoms with Crippen molar-refractivity contribution in [2.75, 3.05) is 6.54 Å². The summed E-state index contributed by atoms with van der Waals surface area (Å²) in [6.45, 7) is 3.83. The Morgan fingerprint density at radius 3 is 2.89 bits per heavy atom. The first-order valence-corrected chi connectivity index (χ1v) is 7.64. The van der Waals surface area contributed by atoms with E-state index in [-0.39, 0.29) is 5.91 Å². The van der Waals surface area contributed by atoms with Crippen LogP contribution in [0.15, 0.2) is 16.7 Å². The van der Waals surface area contributed by atoms with Crippen molar-refractivity contribution in [1.82, 2.24) is 9.88 Å². The zero-order valence-electron chi connectivity index (χ0n) is 10.9. The molecule has 1 aliphatic rings. The molecule has 0 saturated heterocycles. The van der Waals surface area contributed by atoms with Crippen LogP contribution in [0.1, 0.15) is 49.5 Å². The largest absolute Gasteiger partial charge is 0.350 e. The number of nitrogens with zero attached hydrogens (tertiary/aromatic N) is 1. The van der Waals surface area contributed by atoms with Gasteiger partial charge in [-0.1, -0.05) is 19.8 Å². The summed E-state index contributed by atoms with van der Waals surface area (Å²) in [6, 6.07) is 1.90. The number of amides is 1. The number of rotatable bonds is 5. The number of halogens is 1. The predicted molar refractivity (Wildman–Crippen MR) is 76.7 cm³/mol. The lowest BCUT2D eigenvalue weighted by atomic mass is 10.1. The van der Waals surface area contributed by atoms with Gasteiger partial charge in [0.2, 0.25) is 0 Å². The van der Waals surface area contributed by atoms with Crippen molar-refractivity contribution >= 4 is 21.8 Å². The summed E-state index contributed by atoms with van der Waals surface area (Å²) in [6.07, 6.45) is 8.18. The molecule has 1 aromatic rings. The van der Waals surface area contributed by atoms with Gasteiger partial charge in [0.1, 0.15) is 5.69 Å². The van der Waals surface area contributed by atoms with Crippen LogP contribution in [-0.4, -0.2) is 17.0 Å². The third kappa shape index (κ3) is 3.37. The molecule has 2 rings (SSSR count). The van der Waals surface area contributed by atoms with Crippen LogP contribution in [0, 0.1) is 5.92 Å². The van der Waals surface area contributed by atoms with Crippen LogP contribution < -0.4 is 5.32 Å². The molecule has 1 saturated carbocycles. The Morgan fingerprint density at radius 2 is 2.22 bits per heavy atom. The van der Waals surface area contributed by atoms with Crippen LogP contribution in [0.3, 0.4) is 0 Å². The number of carbonyl (C=O) groups is 1. The lowest BCUT2D eigenvalue weighted by Gasteiger charge is -2.12. The summed E-state index contributed by atoms with van der Waals surface area (Å²) in [7, 11) is 0. The Morgan fingerprint density at radius 1 is 1.50 bits per heavy atom. The van der Waals surface area contributed by atoms with Crippen molar-refractivity contribution < 1.29 is 4.79 Å². The van der Waals surface area contributed by atoms with Gasteiger partial charge in [-0.15, -0.1) is 0 Å². The maximum absolute atomic E-state index is 12.2. The van der Waals surface area contributed by atoms with Gasteiger partial charge in [0, 0.05) is 23.8 Å². The van der Waals surface area contributed by atoms with Crippen molar-refractivity contribution in [2.24, 2.45) is 5.92 Å². The van der Waals surface area contributed by atoms with Gasteiger partial charge in [-0.05, 0) is 47.2 Å². The van der Waals surface area contributed by atoms with E-state index in [9.17, 15) is 4.79 Å². The van der Waals surface area contributed by atoms with Gasteiger partial charge >= 0.3 is 0 Å². The van der Waals surface area contributed by atoms with Gasteiger partial charge in [-0.25, -0.2) is 0 Å². The highest BCUT2D eigenvalue weighted by Gasteiger charge is 2.17. The van der Waals surface area contributed by atoms with Crippen LogP contribution in [0.5, 0.6) is 0 Å². The van der Waals surface area contributed by atoms with Crippen molar-refractivity contribution in [2.45, 2.75) is 45.6 Å². The molecular weight excluding hydrogens is 292 g/mol. The second-order valence-corrected chi connectivity index (χ2v) is 6.01. The quantitative estimate of drug-likeness (QED) is 0.886. The number of hydrogen-bond acceptors (Lipinski definition) is 1. The smallest absolute Gasteiger partial charge is 0.267 e. The topological polar surface area (TPSA) is 34.0 Å². The molecule has 1 fully saturated rings. The first-order chi connectivity index (χ1) is 8.70. The monoisotopic (exact) mass is 312 g/mol. The van der Waals surface area contributed by atoms with E-state index in [1.165, 1.54) is 25.7 Å². The molecule has 0 bridgehead atoms. The zero-order chi connectivity index (χ0) is 13.0. The summed E-state index contributed by atoms with van der Waals surface area (Å²) in [4.78, 5) is 12.2. The normalized spacial score (nSPS) is 16.1. The summed E-state index contributed by atoms with van der Waals surface area (Å²) in [5.74, 6) is 0.744. The summed E-state index contributed by atoms with van der Waals surface area (Å²) < 4.78 is 3.00. The fraction of sp³-hybridized carbons (Fsp3) is 0.643. The Hall–Kier alpha value is -0.770. The maximum Gasteiger partial charge on any atom is 0.267 e. The van der Waals surface area contributed by atoms with Gasteiger partial charge in [-0.2, -0.15) is 0 Å². The van der Waals surface area contributed by atoms with E-state index in [1.54, 1.807) is 0 Å². The molecule has 3 nitrogen and oxygen atoms in total. The average Bonchev–Trinajstić information content (AvgIpc) is 2.96. The number of nitrogens with one attached hydrogen (secondary N) is 1. The van der Waals surface area contributed by atoms with E-state index in [0.717, 1.165) is 29.7 Å². The van der Waals surface area contributed by atoms with E-state index in [0.29, 0.717) is 5.92 Å². The summed E-state index contributed by atoms with van der Waals surface area (Å²) in [5.41, 5.74) is 0.765. The third-order valence-corrected chi connectivity index (χ3v) is 4.02. The van der Waals surface area contributed by atoms with Crippen LogP contribution in [0.2, 0.25) is 0 Å². The zero-order valence-corrected chi connectivity index (χ0v) is 12.5. The highest BCUT2D eigenvalue weighted by molar-refractivity contribution is 9.10. The molecule has 1 aliphatic carbocycles. The molecule has 0 spiro atoms. The molecule has 0 radical (unpaired) electrons. The molecule has 0 aliphatic heterocycles. The molecule has 1 heterocycles. The van der Waals surface area contributed by atoms with Crippen molar-refractivity contribution in [3.63, 3.8) is 0 Å². The third-order valence-electron chi connectivity index (χ3n) is 3.59. The van der Waals surface area contributed by atoms with Crippen molar-refractivity contribution in [3.8, 4) is 0 Å². The molecule has 0 aromatic carbocycles. The van der Waals surface area contributed by atoms with Crippen molar-refractivity contribution in [1.29, 1.82) is 0 Å². The van der Waals surface area contributed by atoms with Gasteiger partial charge in [0.15, 0.2) is 0 Å². The minimum atomic E-state index is 0.0565. The van der Waals surface area contributed by atoms with Gasteiger partial charge in [0.25, 0.3) is 5.91 Å². The molecule has 1 amide bonds. The van der Waals surface area contributed by atoms with Gasteiger partial charge in [0.05, 0.1) is 0 Å². The van der Waals surface area contributed by atoms with Crippen LogP contribution in [-0.2, 0) is 6.54 Å². The predicted octanol–water partition coefficient (Wildman–Crippen LogP) is 3.58. The fourth-order valence-corrected chi connectivity index (χ4v) is 3.10. The fourth-order valence-electron chi connectivity index (χ4n) is 2.63. The Kier molecular flexibility index (Phi) is 4.87. The molecule has 18 heavy (non-hydrogen) atoms. The Labute approximate surface area is 117 Å². The number of carbonyl (C=O) groups excluding carboxylic acids is 1. The van der Waals surface area contributed by atoms with E-state index in [4.69, 9.17) is 0 Å². The minimum absolute atomic E-state index is 0.0565. The number of aryl methyl sites for hydroxylation is 1. The lowest BCUT2D eigenvalue weighted by molar-refractivity contribution is 0.0938. The molecule has 0 unspecified atom stereocenters. The van der Waals surface area contributed by atoms with E-state index in [2.05, 4.69) is 28.2 Å². The van der Waals surface area contributed by atoms with Crippen LogP contribution >= 0.6 is 15.9 Å². The SMILES string of the molecule is CCCn1cc(Br)cc1C(=O)NCC1CCCC1. The molecule has 1 aromatic heterocycles. The van der Waals surface area contributed by atoms with Crippen molar-refractivity contribution in [3.05, 3.63) is 22.4 Å². The molecule has 0 atom stereocenters. The molecule has 1 N–H and O–H groups in total. The number of aromatic nitrogens is 1. The Balaban J connectivity index is 1.94. The minimum Gasteiger partial charge on any atom is -0.350 e. The first kappa shape index (κ1) is 13.7. The van der Waals surface area contributed by atoms with E-state index < -0.39 is 0 Å². The maximum atomic E-state index is 12.2. The average molecular weight is 313 g/mol. The number of hydrogen-bond donors (Lipinski definition) is 1. The first-order valence-electron chi connectivity index (χ1n) is 6.84. The summed E-state index contributed by atoms with van der Waals surface area (Å²) in [5, 5.41) is 3.07. The standard InChI is InChI=1S/C14H21BrN2O/c1-2-7-17-10-12(15)8-13(17)14(18)16-9-11-5-3-4-6-11/h8,10-11H,2-7,9H2,1H3,(H,16,18). The van der Waals surface area contributed by atoms with Crippen LogP contribution in [0.4, 0.5) is 0 Å². The molecular formula is C14H21BrN2O. The highest BCUT2D eigenvalue weighted by atomic mass is 79.9. The van der Waals surface area contributed by atoms with E-state index in [1.807, 2.05) is 16.8 Å². The lowest BCUT2D eigenvalue weighted by Crippen LogP contribution is -2.30. The Bertz CT molecular complexity index is 408. The highest BCUT2D eigenvalue weighted by Crippen LogP contribution is 2.24. The second kappa shape index (κ2) is 6.41. The summed E-state index contributed by atoms with van der Waals surface area (Å²) >= 11 is 3.44. The van der Waals surface area contributed by atoms with Gasteiger partial charge in [-0.3, -0.25) is 4.79 Å². The van der Waals surface area contributed by atoms with E-state index >= 15 is 0 Å².